The maximum atomic E-state index is 12.3. The monoisotopic (exact) mass is 1040 g/mol. The highest BCUT2D eigenvalue weighted by Crippen LogP contribution is 2.18. The molecule has 434 valence electrons. The number of aliphatic hydroxyl groups is 1. The number of esters is 2. The predicted octanol–water partition coefficient (Wildman–Crippen LogP) is 22.8. The zero-order valence-corrected chi connectivity index (χ0v) is 49.9. The summed E-state index contributed by atoms with van der Waals surface area (Å²) < 4.78 is 10.8. The van der Waals surface area contributed by atoms with Gasteiger partial charge in [-0.05, 0) is 77.0 Å². The molecule has 1 N–H and O–H groups in total. The maximum absolute atomic E-state index is 12.3. The van der Waals surface area contributed by atoms with Crippen LogP contribution in [0.4, 0.5) is 0 Å². The van der Waals surface area contributed by atoms with Gasteiger partial charge in [-0.25, -0.2) is 0 Å². The minimum absolute atomic E-state index is 0.0615. The smallest absolute Gasteiger partial charge is 0.306 e. The van der Waals surface area contributed by atoms with Crippen LogP contribution in [0.3, 0.4) is 0 Å². The van der Waals surface area contributed by atoms with Gasteiger partial charge in [-0.15, -0.1) is 0 Å². The first-order valence-corrected chi connectivity index (χ1v) is 33.2. The Balaban J connectivity index is 3.42. The second-order valence-corrected chi connectivity index (χ2v) is 22.5. The second kappa shape index (κ2) is 65.1. The molecule has 0 aromatic heterocycles. The van der Waals surface area contributed by atoms with Crippen molar-refractivity contribution < 1.29 is 24.2 Å². The number of carbonyl (C=O) groups excluding carboxylic acids is 2. The lowest BCUT2D eigenvalue weighted by Gasteiger charge is -2.15. The van der Waals surface area contributed by atoms with Crippen LogP contribution in [0.2, 0.25) is 0 Å². The maximum Gasteiger partial charge on any atom is 0.306 e. The van der Waals surface area contributed by atoms with Crippen molar-refractivity contribution in [2.24, 2.45) is 0 Å². The predicted molar refractivity (Wildman–Crippen MR) is 325 cm³/mol. The van der Waals surface area contributed by atoms with Gasteiger partial charge in [0.15, 0.2) is 6.10 Å². The number of allylic oxidation sites excluding steroid dienone is 8. The van der Waals surface area contributed by atoms with E-state index in [0.29, 0.717) is 12.8 Å². The molecule has 0 aromatic rings. The molecule has 0 aromatic carbocycles. The van der Waals surface area contributed by atoms with E-state index in [0.717, 1.165) is 51.4 Å². The van der Waals surface area contributed by atoms with Gasteiger partial charge in [0.2, 0.25) is 0 Å². The van der Waals surface area contributed by atoms with Crippen molar-refractivity contribution in [3.05, 3.63) is 48.6 Å². The number of aliphatic hydroxyl groups excluding tert-OH is 1. The Kier molecular flexibility index (Phi) is 63.3. The molecule has 0 spiro atoms. The Morgan fingerprint density at radius 1 is 0.311 bits per heavy atom. The molecule has 0 bridgehead atoms. The van der Waals surface area contributed by atoms with Crippen LogP contribution in [0.15, 0.2) is 48.6 Å². The SMILES string of the molecule is CCCCCCC/C=C\C/C=C\C/C=C\CCCCCCCCCCCCCCCCCCC(=O)OC(CO)COC(=O)CCCCCCCCCCCCCCCCCCC/C=C\CCCCCCCCCC. The molecule has 0 radical (unpaired) electrons. The normalized spacial score (nSPS) is 12.4. The summed E-state index contributed by atoms with van der Waals surface area (Å²) in [7, 11) is 0. The van der Waals surface area contributed by atoms with Crippen LogP contribution >= 0.6 is 0 Å². The summed E-state index contributed by atoms with van der Waals surface area (Å²) in [5, 5.41) is 9.69. The number of hydrogen-bond donors (Lipinski definition) is 1. The van der Waals surface area contributed by atoms with Gasteiger partial charge in [0, 0.05) is 12.8 Å². The summed E-state index contributed by atoms with van der Waals surface area (Å²) >= 11 is 0. The van der Waals surface area contributed by atoms with E-state index < -0.39 is 6.10 Å². The summed E-state index contributed by atoms with van der Waals surface area (Å²) in [6.45, 7) is 4.18. The first-order valence-electron chi connectivity index (χ1n) is 33.2. The van der Waals surface area contributed by atoms with Crippen molar-refractivity contribution in [1.82, 2.24) is 0 Å². The number of hydrogen-bond acceptors (Lipinski definition) is 5. The van der Waals surface area contributed by atoms with Crippen molar-refractivity contribution in [1.29, 1.82) is 0 Å². The quantitative estimate of drug-likeness (QED) is 0.0373. The molecule has 1 atom stereocenters. The highest BCUT2D eigenvalue weighted by atomic mass is 16.6. The first kappa shape index (κ1) is 71.9. The highest BCUT2D eigenvalue weighted by Gasteiger charge is 2.16. The third-order valence-corrected chi connectivity index (χ3v) is 15.1. The zero-order chi connectivity index (χ0) is 53.4. The molecule has 0 heterocycles. The van der Waals surface area contributed by atoms with Crippen molar-refractivity contribution in [3.8, 4) is 0 Å². The highest BCUT2D eigenvalue weighted by molar-refractivity contribution is 5.70. The lowest BCUT2D eigenvalue weighted by Crippen LogP contribution is -2.28. The van der Waals surface area contributed by atoms with E-state index in [2.05, 4.69) is 62.5 Å². The Labute approximate surface area is 462 Å². The van der Waals surface area contributed by atoms with Crippen molar-refractivity contribution in [2.45, 2.75) is 367 Å². The molecule has 5 nitrogen and oxygen atoms in total. The third-order valence-electron chi connectivity index (χ3n) is 15.1. The largest absolute Gasteiger partial charge is 0.462 e. The summed E-state index contributed by atoms with van der Waals surface area (Å²) in [4.78, 5) is 24.6. The molecule has 0 aliphatic carbocycles. The van der Waals surface area contributed by atoms with Crippen LogP contribution in [-0.2, 0) is 19.1 Å². The average Bonchev–Trinajstić information content (AvgIpc) is 3.40. The first-order chi connectivity index (χ1) is 36.6. The average molecular weight is 1040 g/mol. The van der Waals surface area contributed by atoms with E-state index >= 15 is 0 Å². The summed E-state index contributed by atoms with van der Waals surface area (Å²) in [5.74, 6) is -0.571. The molecule has 0 aliphatic rings. The third kappa shape index (κ3) is 62.4. The summed E-state index contributed by atoms with van der Waals surface area (Å²) in [6.07, 6.45) is 87.0. The van der Waals surface area contributed by atoms with Gasteiger partial charge < -0.3 is 14.6 Å². The molecular formula is C69H128O5. The van der Waals surface area contributed by atoms with Gasteiger partial charge in [0.05, 0.1) is 6.61 Å². The lowest BCUT2D eigenvalue weighted by atomic mass is 10.0. The minimum Gasteiger partial charge on any atom is -0.462 e. The van der Waals surface area contributed by atoms with Crippen LogP contribution < -0.4 is 0 Å². The molecule has 0 aliphatic heterocycles. The molecule has 0 amide bonds. The van der Waals surface area contributed by atoms with Crippen LogP contribution in [-0.4, -0.2) is 36.4 Å². The molecular weight excluding hydrogens is 909 g/mol. The van der Waals surface area contributed by atoms with Crippen molar-refractivity contribution in [2.75, 3.05) is 13.2 Å². The lowest BCUT2D eigenvalue weighted by molar-refractivity contribution is -0.161. The Morgan fingerprint density at radius 3 is 0.824 bits per heavy atom. The molecule has 0 rings (SSSR count). The molecule has 74 heavy (non-hydrogen) atoms. The number of unbranched alkanes of at least 4 members (excludes halogenated alkanes) is 46. The number of carbonyl (C=O) groups is 2. The minimum atomic E-state index is -0.772. The molecule has 5 heteroatoms. The van der Waals surface area contributed by atoms with Crippen LogP contribution in [0.1, 0.15) is 361 Å². The zero-order valence-electron chi connectivity index (χ0n) is 49.9. The molecule has 0 saturated heterocycles. The Bertz CT molecular complexity index is 1220. The Hall–Kier alpha value is -2.14. The van der Waals surface area contributed by atoms with Crippen molar-refractivity contribution >= 4 is 11.9 Å². The van der Waals surface area contributed by atoms with Gasteiger partial charge in [0.1, 0.15) is 6.61 Å². The number of ether oxygens (including phenoxy) is 2. The Morgan fingerprint density at radius 2 is 0.541 bits per heavy atom. The summed E-state index contributed by atoms with van der Waals surface area (Å²) in [5.41, 5.74) is 0. The molecule has 0 fully saturated rings. The molecule has 0 saturated carbocycles. The standard InChI is InChI=1S/C69H128O5/c1-3-5-7-9-11-13-15-17-19-21-23-25-27-29-31-33-34-36-38-40-42-44-46-48-50-52-54-56-58-60-62-64-69(72)74-67(65-70)66-73-68(71)63-61-59-57-55-53-51-49-47-45-43-41-39-37-35-32-30-28-26-24-22-20-18-16-14-12-10-8-6-4-2/h15,17,21-24,27,29,67,70H,3-14,16,18-20,25-26,28,30-66H2,1-2H3/b17-15-,23-21-,24-22-,29-27-. The fourth-order valence-electron chi connectivity index (χ4n) is 10.1. The summed E-state index contributed by atoms with van der Waals surface area (Å²) in [6, 6.07) is 0. The van der Waals surface area contributed by atoms with E-state index in [-0.39, 0.29) is 25.2 Å². The van der Waals surface area contributed by atoms with Crippen molar-refractivity contribution in [3.63, 3.8) is 0 Å². The van der Waals surface area contributed by atoms with E-state index in [1.165, 1.54) is 283 Å². The fraction of sp³-hybridized carbons (Fsp3) is 0.855. The molecule has 1 unspecified atom stereocenters. The fourth-order valence-corrected chi connectivity index (χ4v) is 10.1. The van der Waals surface area contributed by atoms with E-state index in [4.69, 9.17) is 9.47 Å². The van der Waals surface area contributed by atoms with Gasteiger partial charge in [-0.3, -0.25) is 9.59 Å². The van der Waals surface area contributed by atoms with E-state index in [9.17, 15) is 14.7 Å². The van der Waals surface area contributed by atoms with Gasteiger partial charge in [-0.2, -0.15) is 0 Å². The van der Waals surface area contributed by atoms with Crippen LogP contribution in [0.25, 0.3) is 0 Å². The van der Waals surface area contributed by atoms with Crippen LogP contribution in [0.5, 0.6) is 0 Å². The number of rotatable bonds is 62. The topological polar surface area (TPSA) is 72.8 Å². The van der Waals surface area contributed by atoms with Crippen LogP contribution in [0, 0.1) is 0 Å². The second-order valence-electron chi connectivity index (χ2n) is 22.5. The van der Waals surface area contributed by atoms with Gasteiger partial charge >= 0.3 is 11.9 Å². The van der Waals surface area contributed by atoms with Gasteiger partial charge in [0.25, 0.3) is 0 Å². The van der Waals surface area contributed by atoms with E-state index in [1.54, 1.807) is 0 Å². The van der Waals surface area contributed by atoms with E-state index in [1.807, 2.05) is 0 Å². The van der Waals surface area contributed by atoms with Gasteiger partial charge in [-0.1, -0.05) is 319 Å².